The van der Waals surface area contributed by atoms with E-state index in [0.717, 1.165) is 27.5 Å². The number of methoxy groups -OCH3 is 1. The van der Waals surface area contributed by atoms with Crippen LogP contribution in [0.5, 0.6) is 5.75 Å². The van der Waals surface area contributed by atoms with Gasteiger partial charge in [0.25, 0.3) is 11.8 Å². The molecule has 2 aromatic rings. The summed E-state index contributed by atoms with van der Waals surface area (Å²) >= 11 is 0. The van der Waals surface area contributed by atoms with Gasteiger partial charge in [-0.2, -0.15) is 0 Å². The second-order valence-corrected chi connectivity index (χ2v) is 7.28. The molecular weight excluding hydrogens is 354 g/mol. The molecule has 0 fully saturated rings. The highest BCUT2D eigenvalue weighted by molar-refractivity contribution is 5.95. The van der Waals surface area contributed by atoms with Crippen LogP contribution in [0.2, 0.25) is 0 Å². The van der Waals surface area contributed by atoms with Gasteiger partial charge in [0.2, 0.25) is 0 Å². The normalized spacial score (nSPS) is 12.8. The van der Waals surface area contributed by atoms with E-state index in [-0.39, 0.29) is 24.4 Å². The molecule has 2 amide bonds. The lowest BCUT2D eigenvalue weighted by Gasteiger charge is -2.22. The Bertz CT molecular complexity index is 824. The summed E-state index contributed by atoms with van der Waals surface area (Å²) in [6, 6.07) is 10.9. The first-order valence-electron chi connectivity index (χ1n) is 9.36. The van der Waals surface area contributed by atoms with Gasteiger partial charge in [-0.3, -0.25) is 9.59 Å². The smallest absolute Gasteiger partial charge is 0.282 e. The van der Waals surface area contributed by atoms with E-state index in [9.17, 15) is 9.59 Å². The van der Waals surface area contributed by atoms with Gasteiger partial charge in [0.15, 0.2) is 12.6 Å². The van der Waals surface area contributed by atoms with Gasteiger partial charge < -0.3 is 20.3 Å². The molecule has 2 aromatic carbocycles. The monoisotopic (exact) mass is 384 g/mol. The fourth-order valence-electron chi connectivity index (χ4n) is 3.12. The standard InChI is InChI=1S/C22H29N3O3/c1-14-11-15(2)21(16(3)12-14)24-22(27)17(4)25(5)13-20(26)23-18-7-9-19(28-6)10-8-18/h7-12,17H,13H2,1-6H3,(H,23,26)(H,24,27)/p+1/t17-/m0/s1. The number of nitrogens with one attached hydrogen (secondary N) is 3. The predicted molar refractivity (Wildman–Crippen MR) is 112 cm³/mol. The van der Waals surface area contributed by atoms with Crippen molar-refractivity contribution in [2.45, 2.75) is 33.7 Å². The van der Waals surface area contributed by atoms with Gasteiger partial charge in [0.05, 0.1) is 14.2 Å². The number of hydrogen-bond acceptors (Lipinski definition) is 3. The van der Waals surface area contributed by atoms with Gasteiger partial charge in [-0.1, -0.05) is 17.7 Å². The summed E-state index contributed by atoms with van der Waals surface area (Å²) in [6.45, 7) is 8.02. The lowest BCUT2D eigenvalue weighted by molar-refractivity contribution is -0.885. The molecule has 150 valence electrons. The average molecular weight is 385 g/mol. The van der Waals surface area contributed by atoms with Crippen molar-refractivity contribution < 1.29 is 19.2 Å². The topological polar surface area (TPSA) is 71.9 Å². The summed E-state index contributed by atoms with van der Waals surface area (Å²) in [5.74, 6) is 0.475. The van der Waals surface area contributed by atoms with E-state index in [1.807, 2.05) is 46.9 Å². The van der Waals surface area contributed by atoms with Crippen LogP contribution in [0.4, 0.5) is 11.4 Å². The van der Waals surface area contributed by atoms with Gasteiger partial charge >= 0.3 is 0 Å². The molecule has 0 spiro atoms. The molecular formula is C22H30N3O3+. The minimum Gasteiger partial charge on any atom is -0.497 e. The molecule has 1 unspecified atom stereocenters. The maximum Gasteiger partial charge on any atom is 0.282 e. The molecule has 28 heavy (non-hydrogen) atoms. The van der Waals surface area contributed by atoms with Crippen molar-refractivity contribution >= 4 is 23.2 Å². The third-order valence-corrected chi connectivity index (χ3v) is 4.87. The van der Waals surface area contributed by atoms with Crippen molar-refractivity contribution in [3.8, 4) is 5.75 Å². The SMILES string of the molecule is COc1ccc(NC(=O)C[NH+](C)[C@@H](C)C(=O)Nc2c(C)cc(C)cc2C)cc1. The van der Waals surface area contributed by atoms with E-state index in [4.69, 9.17) is 4.74 Å². The summed E-state index contributed by atoms with van der Waals surface area (Å²) in [5.41, 5.74) is 4.78. The van der Waals surface area contributed by atoms with Crippen LogP contribution in [0, 0.1) is 20.8 Å². The number of amides is 2. The number of carbonyl (C=O) groups is 2. The maximum atomic E-state index is 12.7. The van der Waals surface area contributed by atoms with Crippen molar-refractivity contribution in [1.82, 2.24) is 0 Å². The van der Waals surface area contributed by atoms with Crippen LogP contribution in [-0.2, 0) is 9.59 Å². The van der Waals surface area contributed by atoms with E-state index in [1.165, 1.54) is 5.56 Å². The Hall–Kier alpha value is -2.86. The molecule has 2 rings (SSSR count). The number of ether oxygens (including phenoxy) is 1. The molecule has 0 saturated heterocycles. The second kappa shape index (κ2) is 9.37. The summed E-state index contributed by atoms with van der Waals surface area (Å²) in [5, 5.41) is 5.86. The van der Waals surface area contributed by atoms with E-state index >= 15 is 0 Å². The first-order valence-corrected chi connectivity index (χ1v) is 9.36. The molecule has 0 radical (unpaired) electrons. The fraction of sp³-hybridized carbons (Fsp3) is 0.364. The second-order valence-electron chi connectivity index (χ2n) is 7.28. The third-order valence-electron chi connectivity index (χ3n) is 4.87. The molecule has 0 aromatic heterocycles. The largest absolute Gasteiger partial charge is 0.497 e. The number of aryl methyl sites for hydroxylation is 3. The maximum absolute atomic E-state index is 12.7. The lowest BCUT2D eigenvalue weighted by atomic mass is 10.0. The highest BCUT2D eigenvalue weighted by Gasteiger charge is 2.25. The van der Waals surface area contributed by atoms with Crippen LogP contribution < -0.4 is 20.3 Å². The molecule has 6 nitrogen and oxygen atoms in total. The zero-order valence-corrected chi connectivity index (χ0v) is 17.5. The number of carbonyl (C=O) groups excluding carboxylic acids is 2. The van der Waals surface area contributed by atoms with Crippen LogP contribution >= 0.6 is 0 Å². The predicted octanol–water partition coefficient (Wildman–Crippen LogP) is 2.10. The van der Waals surface area contributed by atoms with Crippen LogP contribution in [0.15, 0.2) is 36.4 Å². The molecule has 0 aliphatic heterocycles. The van der Waals surface area contributed by atoms with E-state index in [0.29, 0.717) is 5.69 Å². The summed E-state index contributed by atoms with van der Waals surface area (Å²) < 4.78 is 5.11. The van der Waals surface area contributed by atoms with Crippen molar-refractivity contribution in [1.29, 1.82) is 0 Å². The number of benzene rings is 2. The highest BCUT2D eigenvalue weighted by atomic mass is 16.5. The van der Waals surface area contributed by atoms with Gasteiger partial charge in [0, 0.05) is 11.4 Å². The number of likely N-dealkylation sites (N-methyl/N-ethyl adjacent to an activating group) is 1. The first-order chi connectivity index (χ1) is 13.2. The molecule has 2 atom stereocenters. The fourth-order valence-corrected chi connectivity index (χ4v) is 3.12. The zero-order valence-electron chi connectivity index (χ0n) is 17.5. The quantitative estimate of drug-likeness (QED) is 0.685. The third kappa shape index (κ3) is 5.57. The van der Waals surface area contributed by atoms with E-state index in [2.05, 4.69) is 10.6 Å². The summed E-state index contributed by atoms with van der Waals surface area (Å²) in [6.07, 6.45) is 0. The molecule has 3 N–H and O–H groups in total. The Balaban J connectivity index is 1.94. The number of hydrogen-bond donors (Lipinski definition) is 3. The zero-order chi connectivity index (χ0) is 20.8. The van der Waals surface area contributed by atoms with E-state index in [1.54, 1.807) is 31.4 Å². The van der Waals surface area contributed by atoms with Crippen molar-refractivity contribution in [2.24, 2.45) is 0 Å². The summed E-state index contributed by atoms with van der Waals surface area (Å²) in [4.78, 5) is 25.8. The Kier molecular flexibility index (Phi) is 7.18. The average Bonchev–Trinajstić information content (AvgIpc) is 2.64. The van der Waals surface area contributed by atoms with Crippen molar-refractivity contribution in [3.05, 3.63) is 53.1 Å². The molecule has 0 bridgehead atoms. The number of anilines is 2. The number of quaternary nitrogens is 1. The molecule has 0 aliphatic rings. The Morgan fingerprint density at radius 1 is 1.04 bits per heavy atom. The van der Waals surface area contributed by atoms with Crippen molar-refractivity contribution in [3.63, 3.8) is 0 Å². The van der Waals surface area contributed by atoms with E-state index < -0.39 is 0 Å². The summed E-state index contributed by atoms with van der Waals surface area (Å²) in [7, 11) is 3.44. The van der Waals surface area contributed by atoms with Crippen LogP contribution in [0.1, 0.15) is 23.6 Å². The van der Waals surface area contributed by atoms with Gasteiger partial charge in [0.1, 0.15) is 5.75 Å². The minimum absolute atomic E-state index is 0.107. The molecule has 0 aliphatic carbocycles. The Morgan fingerprint density at radius 2 is 1.61 bits per heavy atom. The lowest BCUT2D eigenvalue weighted by Crippen LogP contribution is -3.14. The first kappa shape index (κ1) is 21.4. The molecule has 6 heteroatoms. The van der Waals surface area contributed by atoms with Gasteiger partial charge in [-0.05, 0) is 63.1 Å². The van der Waals surface area contributed by atoms with Gasteiger partial charge in [-0.15, -0.1) is 0 Å². The Labute approximate surface area is 166 Å². The number of rotatable bonds is 7. The van der Waals surface area contributed by atoms with Crippen LogP contribution in [-0.4, -0.2) is 38.6 Å². The van der Waals surface area contributed by atoms with Crippen molar-refractivity contribution in [2.75, 3.05) is 31.3 Å². The van der Waals surface area contributed by atoms with Crippen LogP contribution in [0.25, 0.3) is 0 Å². The molecule has 0 saturated carbocycles. The minimum atomic E-state index is -0.373. The van der Waals surface area contributed by atoms with Crippen LogP contribution in [0.3, 0.4) is 0 Å². The highest BCUT2D eigenvalue weighted by Crippen LogP contribution is 2.21. The van der Waals surface area contributed by atoms with Gasteiger partial charge in [-0.25, -0.2) is 0 Å². The molecule has 0 heterocycles. The Morgan fingerprint density at radius 3 is 2.14 bits per heavy atom.